The minimum atomic E-state index is -0.0969. The Kier molecular flexibility index (Phi) is 12.3. The third kappa shape index (κ3) is 7.98. The van der Waals surface area contributed by atoms with Gasteiger partial charge in [0.2, 0.25) is 5.91 Å². The summed E-state index contributed by atoms with van der Waals surface area (Å²) < 4.78 is 5.37. The van der Waals surface area contributed by atoms with Crippen LogP contribution in [0.25, 0.3) is 0 Å². The number of aromatic nitrogens is 1. The van der Waals surface area contributed by atoms with Gasteiger partial charge in [0.15, 0.2) is 11.7 Å². The number of nitrogens with zero attached hydrogens (tertiary/aromatic N) is 2. The first-order valence-corrected chi connectivity index (χ1v) is 8.38. The van der Waals surface area contributed by atoms with E-state index in [4.69, 9.17) is 4.52 Å². The number of nitrogens with one attached hydrogen (secondary N) is 3. The SMILES string of the molecule is CCNC(=O)CN=C(NCC)NCc1cc(C(CC)CC)no1.I. The molecule has 0 fully saturated rings. The van der Waals surface area contributed by atoms with Crippen molar-refractivity contribution in [1.29, 1.82) is 0 Å². The summed E-state index contributed by atoms with van der Waals surface area (Å²) in [6, 6.07) is 1.98. The van der Waals surface area contributed by atoms with Gasteiger partial charge in [-0.15, -0.1) is 24.0 Å². The minimum Gasteiger partial charge on any atom is -0.359 e. The Hall–Kier alpha value is -1.32. The fourth-order valence-corrected chi connectivity index (χ4v) is 2.23. The largest absolute Gasteiger partial charge is 0.359 e. The first kappa shape index (κ1) is 22.7. The van der Waals surface area contributed by atoms with Gasteiger partial charge in [0, 0.05) is 25.1 Å². The Balaban J connectivity index is 0.00000529. The van der Waals surface area contributed by atoms with Crippen molar-refractivity contribution in [2.24, 2.45) is 4.99 Å². The second-order valence-corrected chi connectivity index (χ2v) is 5.23. The lowest BCUT2D eigenvalue weighted by atomic mass is 9.99. The molecule has 138 valence electrons. The number of hydrogen-bond acceptors (Lipinski definition) is 4. The third-order valence-electron chi connectivity index (χ3n) is 3.51. The van der Waals surface area contributed by atoms with Crippen LogP contribution in [0.3, 0.4) is 0 Å². The Morgan fingerprint density at radius 2 is 1.83 bits per heavy atom. The van der Waals surface area contributed by atoms with Gasteiger partial charge >= 0.3 is 0 Å². The van der Waals surface area contributed by atoms with Crippen molar-refractivity contribution in [2.75, 3.05) is 19.6 Å². The first-order valence-electron chi connectivity index (χ1n) is 8.38. The summed E-state index contributed by atoms with van der Waals surface area (Å²) in [6.07, 6.45) is 2.10. The molecule has 0 bridgehead atoms. The van der Waals surface area contributed by atoms with Crippen molar-refractivity contribution in [3.05, 3.63) is 17.5 Å². The highest BCUT2D eigenvalue weighted by Gasteiger charge is 2.13. The quantitative estimate of drug-likeness (QED) is 0.305. The molecule has 0 aliphatic rings. The molecule has 0 saturated heterocycles. The summed E-state index contributed by atoms with van der Waals surface area (Å²) in [4.78, 5) is 15.7. The van der Waals surface area contributed by atoms with Gasteiger partial charge in [0.05, 0.1) is 12.2 Å². The monoisotopic (exact) mass is 451 g/mol. The smallest absolute Gasteiger partial charge is 0.241 e. The summed E-state index contributed by atoms with van der Waals surface area (Å²) in [5.41, 5.74) is 0.996. The maximum Gasteiger partial charge on any atom is 0.241 e. The number of carbonyl (C=O) groups excluding carboxylic acids is 1. The van der Waals surface area contributed by atoms with Crippen molar-refractivity contribution in [1.82, 2.24) is 21.1 Å². The van der Waals surface area contributed by atoms with E-state index < -0.39 is 0 Å². The molecule has 0 atom stereocenters. The molecular weight excluding hydrogens is 421 g/mol. The normalized spacial score (nSPS) is 11.1. The van der Waals surface area contributed by atoms with E-state index in [2.05, 4.69) is 39.9 Å². The lowest BCUT2D eigenvalue weighted by molar-refractivity contribution is -0.119. The zero-order valence-electron chi connectivity index (χ0n) is 15.0. The van der Waals surface area contributed by atoms with Crippen LogP contribution in [0.4, 0.5) is 0 Å². The Bertz CT molecular complexity index is 500. The second kappa shape index (κ2) is 13.0. The van der Waals surface area contributed by atoms with Crippen LogP contribution in [-0.2, 0) is 11.3 Å². The molecule has 0 aromatic carbocycles. The highest BCUT2D eigenvalue weighted by atomic mass is 127. The highest BCUT2D eigenvalue weighted by Crippen LogP contribution is 2.22. The van der Waals surface area contributed by atoms with Crippen LogP contribution >= 0.6 is 24.0 Å². The van der Waals surface area contributed by atoms with Crippen LogP contribution < -0.4 is 16.0 Å². The molecule has 8 heteroatoms. The molecule has 0 saturated carbocycles. The summed E-state index contributed by atoms with van der Waals surface area (Å²) >= 11 is 0. The molecule has 1 heterocycles. The minimum absolute atomic E-state index is 0. The second-order valence-electron chi connectivity index (χ2n) is 5.23. The highest BCUT2D eigenvalue weighted by molar-refractivity contribution is 14.0. The molecule has 1 aromatic rings. The lowest BCUT2D eigenvalue weighted by Crippen LogP contribution is -2.38. The standard InChI is InChI=1S/C16H29N5O2.HI/c1-5-12(6-2)14-9-13(23-21-14)10-19-16(18-8-4)20-11-15(22)17-7-3;/h9,12H,5-8,10-11H2,1-4H3,(H,17,22)(H2,18,19,20);1H. The molecule has 1 aromatic heterocycles. The van der Waals surface area contributed by atoms with Gasteiger partial charge in [-0.1, -0.05) is 19.0 Å². The fourth-order valence-electron chi connectivity index (χ4n) is 2.23. The number of halogens is 1. The molecule has 0 radical (unpaired) electrons. The van der Waals surface area contributed by atoms with Gasteiger partial charge in [-0.2, -0.15) is 0 Å². The van der Waals surface area contributed by atoms with E-state index in [9.17, 15) is 4.79 Å². The molecule has 24 heavy (non-hydrogen) atoms. The number of amides is 1. The zero-order valence-corrected chi connectivity index (χ0v) is 17.3. The van der Waals surface area contributed by atoms with Crippen LogP contribution in [-0.4, -0.2) is 36.7 Å². The average Bonchev–Trinajstić information content (AvgIpc) is 3.00. The molecule has 1 amide bonds. The van der Waals surface area contributed by atoms with E-state index in [-0.39, 0.29) is 36.4 Å². The molecule has 3 N–H and O–H groups in total. The molecular formula is C16H30IN5O2. The van der Waals surface area contributed by atoms with Crippen molar-refractivity contribution in [3.63, 3.8) is 0 Å². The van der Waals surface area contributed by atoms with E-state index in [1.807, 2.05) is 19.9 Å². The maximum absolute atomic E-state index is 11.5. The van der Waals surface area contributed by atoms with Crippen molar-refractivity contribution >= 4 is 35.8 Å². The molecule has 0 unspecified atom stereocenters. The Labute approximate surface area is 161 Å². The van der Waals surface area contributed by atoms with Crippen LogP contribution in [0.15, 0.2) is 15.6 Å². The van der Waals surface area contributed by atoms with Gasteiger partial charge in [-0.25, -0.2) is 4.99 Å². The molecule has 0 aliphatic heterocycles. The van der Waals surface area contributed by atoms with E-state index in [0.29, 0.717) is 25.0 Å². The van der Waals surface area contributed by atoms with Crippen molar-refractivity contribution < 1.29 is 9.32 Å². The predicted molar refractivity (Wildman–Crippen MR) is 107 cm³/mol. The van der Waals surface area contributed by atoms with Crippen molar-refractivity contribution in [3.8, 4) is 0 Å². The fraction of sp³-hybridized carbons (Fsp3) is 0.688. The maximum atomic E-state index is 11.5. The number of rotatable bonds is 9. The number of carbonyl (C=O) groups is 1. The van der Waals surface area contributed by atoms with Crippen LogP contribution in [0.5, 0.6) is 0 Å². The number of aliphatic imine (C=N–C) groups is 1. The van der Waals surface area contributed by atoms with Crippen LogP contribution in [0.2, 0.25) is 0 Å². The van der Waals surface area contributed by atoms with Gasteiger partial charge in [0.25, 0.3) is 0 Å². The van der Waals surface area contributed by atoms with Gasteiger partial charge in [0.1, 0.15) is 6.54 Å². The van der Waals surface area contributed by atoms with E-state index >= 15 is 0 Å². The van der Waals surface area contributed by atoms with Gasteiger partial charge < -0.3 is 20.5 Å². The Morgan fingerprint density at radius 3 is 2.42 bits per heavy atom. The molecule has 0 aliphatic carbocycles. The van der Waals surface area contributed by atoms with Crippen LogP contribution in [0.1, 0.15) is 57.9 Å². The zero-order chi connectivity index (χ0) is 17.1. The average molecular weight is 451 g/mol. The van der Waals surface area contributed by atoms with E-state index in [1.54, 1.807) is 0 Å². The van der Waals surface area contributed by atoms with Crippen LogP contribution in [0, 0.1) is 0 Å². The van der Waals surface area contributed by atoms with Crippen molar-refractivity contribution in [2.45, 2.75) is 53.0 Å². The number of guanidine groups is 1. The number of likely N-dealkylation sites (N-methyl/N-ethyl adjacent to an activating group) is 1. The number of hydrogen-bond donors (Lipinski definition) is 3. The van der Waals surface area contributed by atoms with E-state index in [1.165, 1.54) is 0 Å². The predicted octanol–water partition coefficient (Wildman–Crippen LogP) is 2.39. The lowest BCUT2D eigenvalue weighted by Gasteiger charge is -2.09. The molecule has 0 spiro atoms. The molecule has 1 rings (SSSR count). The summed E-state index contributed by atoms with van der Waals surface area (Å²) in [5.74, 6) is 1.68. The van der Waals surface area contributed by atoms with Gasteiger partial charge in [-0.05, 0) is 26.7 Å². The Morgan fingerprint density at radius 1 is 1.17 bits per heavy atom. The third-order valence-corrected chi connectivity index (χ3v) is 3.51. The summed E-state index contributed by atoms with van der Waals surface area (Å²) in [5, 5.41) is 13.1. The first-order chi connectivity index (χ1) is 11.1. The molecule has 7 nitrogen and oxygen atoms in total. The summed E-state index contributed by atoms with van der Waals surface area (Å²) in [7, 11) is 0. The summed E-state index contributed by atoms with van der Waals surface area (Å²) in [6.45, 7) is 10.1. The van der Waals surface area contributed by atoms with Gasteiger partial charge in [-0.3, -0.25) is 4.79 Å². The topological polar surface area (TPSA) is 91.5 Å². The van der Waals surface area contributed by atoms with E-state index in [0.717, 1.165) is 30.8 Å².